The first kappa shape index (κ1) is 14.6. The van der Waals surface area contributed by atoms with Crippen LogP contribution in [0.4, 0.5) is 0 Å². The standard InChI is InChI=1S/C16H23N3O/c1-5-17-9-14-13(4)18-19-15(14)10-20-16-11(2)7-6-8-12(16)3/h6-8,17H,5,9-10H2,1-4H3,(H,18,19). The molecule has 0 aliphatic carbocycles. The second-order valence-corrected chi connectivity index (χ2v) is 5.06. The van der Waals surface area contributed by atoms with Gasteiger partial charge in [-0.1, -0.05) is 25.1 Å². The lowest BCUT2D eigenvalue weighted by Crippen LogP contribution is -2.14. The fourth-order valence-corrected chi connectivity index (χ4v) is 2.27. The molecule has 1 aromatic carbocycles. The summed E-state index contributed by atoms with van der Waals surface area (Å²) < 4.78 is 5.98. The molecule has 1 heterocycles. The number of rotatable bonds is 6. The lowest BCUT2D eigenvalue weighted by molar-refractivity contribution is 0.295. The Balaban J connectivity index is 2.11. The highest BCUT2D eigenvalue weighted by Crippen LogP contribution is 2.24. The van der Waals surface area contributed by atoms with Crippen LogP contribution >= 0.6 is 0 Å². The minimum atomic E-state index is 0.497. The summed E-state index contributed by atoms with van der Waals surface area (Å²) in [6.07, 6.45) is 0. The highest BCUT2D eigenvalue weighted by atomic mass is 16.5. The van der Waals surface area contributed by atoms with Crippen LogP contribution in [-0.2, 0) is 13.2 Å². The molecule has 0 bridgehead atoms. The second-order valence-electron chi connectivity index (χ2n) is 5.06. The van der Waals surface area contributed by atoms with Gasteiger partial charge in [0.25, 0.3) is 0 Å². The zero-order valence-corrected chi connectivity index (χ0v) is 12.7. The Morgan fingerprint density at radius 2 is 1.90 bits per heavy atom. The van der Waals surface area contributed by atoms with E-state index in [1.165, 1.54) is 5.56 Å². The van der Waals surface area contributed by atoms with E-state index in [4.69, 9.17) is 4.74 Å². The van der Waals surface area contributed by atoms with Crippen molar-refractivity contribution in [2.45, 2.75) is 40.8 Å². The van der Waals surface area contributed by atoms with Crippen molar-refractivity contribution in [3.63, 3.8) is 0 Å². The first-order valence-electron chi connectivity index (χ1n) is 7.06. The van der Waals surface area contributed by atoms with Crippen molar-refractivity contribution in [3.05, 3.63) is 46.3 Å². The molecule has 0 saturated heterocycles. The maximum Gasteiger partial charge on any atom is 0.132 e. The Hall–Kier alpha value is -1.81. The molecule has 0 atom stereocenters. The number of nitrogens with zero attached hydrogens (tertiary/aromatic N) is 1. The molecule has 20 heavy (non-hydrogen) atoms. The highest BCUT2D eigenvalue weighted by molar-refractivity contribution is 5.40. The molecule has 1 aromatic heterocycles. The number of aryl methyl sites for hydroxylation is 3. The number of H-pyrrole nitrogens is 1. The smallest absolute Gasteiger partial charge is 0.132 e. The summed E-state index contributed by atoms with van der Waals surface area (Å²) in [5, 5.41) is 10.7. The van der Waals surface area contributed by atoms with Crippen LogP contribution in [0.3, 0.4) is 0 Å². The van der Waals surface area contributed by atoms with Gasteiger partial charge in [-0.3, -0.25) is 5.10 Å². The normalized spacial score (nSPS) is 10.8. The summed E-state index contributed by atoms with van der Waals surface area (Å²) in [4.78, 5) is 0. The number of ether oxygens (including phenoxy) is 1. The van der Waals surface area contributed by atoms with E-state index in [2.05, 4.69) is 48.4 Å². The number of aromatic amines is 1. The first-order valence-corrected chi connectivity index (χ1v) is 7.06. The van der Waals surface area contributed by atoms with E-state index in [9.17, 15) is 0 Å². The van der Waals surface area contributed by atoms with E-state index < -0.39 is 0 Å². The molecule has 0 spiro atoms. The Morgan fingerprint density at radius 3 is 2.55 bits per heavy atom. The van der Waals surface area contributed by atoms with Gasteiger partial charge in [-0.15, -0.1) is 0 Å². The summed E-state index contributed by atoms with van der Waals surface area (Å²) >= 11 is 0. The number of benzene rings is 1. The van der Waals surface area contributed by atoms with E-state index in [1.807, 2.05) is 13.0 Å². The van der Waals surface area contributed by atoms with Crippen molar-refractivity contribution in [1.82, 2.24) is 15.5 Å². The molecule has 0 aliphatic rings. The molecule has 0 fully saturated rings. The fraction of sp³-hybridized carbons (Fsp3) is 0.438. The minimum absolute atomic E-state index is 0.497. The highest BCUT2D eigenvalue weighted by Gasteiger charge is 2.11. The van der Waals surface area contributed by atoms with Gasteiger partial charge in [0.05, 0.1) is 0 Å². The second kappa shape index (κ2) is 6.57. The number of para-hydroxylation sites is 1. The molecule has 108 valence electrons. The van der Waals surface area contributed by atoms with Crippen molar-refractivity contribution in [1.29, 1.82) is 0 Å². The van der Waals surface area contributed by atoms with Gasteiger partial charge in [-0.05, 0) is 38.4 Å². The average Bonchev–Trinajstić information content (AvgIpc) is 2.77. The van der Waals surface area contributed by atoms with E-state index >= 15 is 0 Å². The molecular weight excluding hydrogens is 250 g/mol. The number of hydrogen-bond acceptors (Lipinski definition) is 3. The van der Waals surface area contributed by atoms with Crippen molar-refractivity contribution in [3.8, 4) is 5.75 Å². The maximum absolute atomic E-state index is 5.98. The molecule has 0 unspecified atom stereocenters. The van der Waals surface area contributed by atoms with Crippen molar-refractivity contribution >= 4 is 0 Å². The lowest BCUT2D eigenvalue weighted by atomic mass is 10.1. The van der Waals surface area contributed by atoms with Gasteiger partial charge in [0.15, 0.2) is 0 Å². The number of aromatic nitrogens is 2. The summed E-state index contributed by atoms with van der Waals surface area (Å²) in [7, 11) is 0. The summed E-state index contributed by atoms with van der Waals surface area (Å²) in [5.74, 6) is 0.961. The third-order valence-corrected chi connectivity index (χ3v) is 3.47. The van der Waals surface area contributed by atoms with Gasteiger partial charge >= 0.3 is 0 Å². The number of hydrogen-bond donors (Lipinski definition) is 2. The quantitative estimate of drug-likeness (QED) is 0.850. The minimum Gasteiger partial charge on any atom is -0.487 e. The molecular formula is C16H23N3O. The third-order valence-electron chi connectivity index (χ3n) is 3.47. The van der Waals surface area contributed by atoms with Crippen LogP contribution < -0.4 is 10.1 Å². The maximum atomic E-state index is 5.98. The number of nitrogens with one attached hydrogen (secondary N) is 2. The molecule has 0 radical (unpaired) electrons. The van der Waals surface area contributed by atoms with Crippen LogP contribution in [0.25, 0.3) is 0 Å². The Kier molecular flexibility index (Phi) is 4.79. The Morgan fingerprint density at radius 1 is 1.20 bits per heavy atom. The van der Waals surface area contributed by atoms with E-state index in [0.717, 1.165) is 41.4 Å². The van der Waals surface area contributed by atoms with Gasteiger partial charge in [0.1, 0.15) is 18.1 Å². The summed E-state index contributed by atoms with van der Waals surface area (Å²) in [6.45, 7) is 10.5. The molecule has 0 aliphatic heterocycles. The molecule has 4 nitrogen and oxygen atoms in total. The molecule has 0 saturated carbocycles. The third kappa shape index (κ3) is 3.20. The monoisotopic (exact) mass is 273 g/mol. The predicted molar refractivity (Wildman–Crippen MR) is 81.0 cm³/mol. The van der Waals surface area contributed by atoms with Gasteiger partial charge in [-0.25, -0.2) is 0 Å². The van der Waals surface area contributed by atoms with Crippen LogP contribution in [0, 0.1) is 20.8 Å². The first-order chi connectivity index (χ1) is 9.63. The Bertz CT molecular complexity index is 555. The Labute approximate surface area is 120 Å². The predicted octanol–water partition coefficient (Wildman–Crippen LogP) is 3.02. The van der Waals surface area contributed by atoms with Crippen LogP contribution in [0.2, 0.25) is 0 Å². The molecule has 0 amide bonds. The van der Waals surface area contributed by atoms with Crippen molar-refractivity contribution in [2.75, 3.05) is 6.54 Å². The topological polar surface area (TPSA) is 49.9 Å². The zero-order valence-electron chi connectivity index (χ0n) is 12.7. The van der Waals surface area contributed by atoms with Crippen LogP contribution in [0.5, 0.6) is 5.75 Å². The van der Waals surface area contributed by atoms with E-state index in [0.29, 0.717) is 6.61 Å². The van der Waals surface area contributed by atoms with Gasteiger partial charge in [-0.2, -0.15) is 5.10 Å². The summed E-state index contributed by atoms with van der Waals surface area (Å²) in [5.41, 5.74) is 5.60. The molecule has 2 N–H and O–H groups in total. The van der Waals surface area contributed by atoms with Gasteiger partial charge < -0.3 is 10.1 Å². The van der Waals surface area contributed by atoms with Crippen LogP contribution in [-0.4, -0.2) is 16.7 Å². The largest absolute Gasteiger partial charge is 0.487 e. The van der Waals surface area contributed by atoms with Crippen LogP contribution in [0.1, 0.15) is 35.0 Å². The lowest BCUT2D eigenvalue weighted by Gasteiger charge is -2.12. The SMILES string of the molecule is CCNCc1c(COc2c(C)cccc2C)n[nH]c1C. The van der Waals surface area contributed by atoms with E-state index in [-0.39, 0.29) is 0 Å². The van der Waals surface area contributed by atoms with Crippen LogP contribution in [0.15, 0.2) is 18.2 Å². The van der Waals surface area contributed by atoms with E-state index in [1.54, 1.807) is 0 Å². The fourth-order valence-electron chi connectivity index (χ4n) is 2.27. The van der Waals surface area contributed by atoms with Crippen molar-refractivity contribution < 1.29 is 4.74 Å². The molecule has 2 aromatic rings. The molecule has 4 heteroatoms. The zero-order chi connectivity index (χ0) is 14.5. The van der Waals surface area contributed by atoms with Crippen molar-refractivity contribution in [2.24, 2.45) is 0 Å². The summed E-state index contributed by atoms with van der Waals surface area (Å²) in [6, 6.07) is 6.18. The van der Waals surface area contributed by atoms with Gasteiger partial charge in [0.2, 0.25) is 0 Å². The van der Waals surface area contributed by atoms with Gasteiger partial charge in [0, 0.05) is 17.8 Å². The average molecular weight is 273 g/mol. The molecule has 2 rings (SSSR count).